The number of aromatic nitrogens is 1. The van der Waals surface area contributed by atoms with E-state index in [1.165, 1.54) is 17.7 Å². The summed E-state index contributed by atoms with van der Waals surface area (Å²) in [5, 5.41) is 2.79. The molecule has 24 heavy (non-hydrogen) atoms. The van der Waals surface area contributed by atoms with E-state index in [4.69, 9.17) is 4.74 Å². The van der Waals surface area contributed by atoms with Crippen molar-refractivity contribution in [1.82, 2.24) is 20.1 Å². The van der Waals surface area contributed by atoms with Crippen LogP contribution in [0.2, 0.25) is 0 Å². The topological polar surface area (TPSA) is 57.7 Å². The van der Waals surface area contributed by atoms with Gasteiger partial charge in [-0.3, -0.25) is 14.6 Å². The summed E-state index contributed by atoms with van der Waals surface area (Å²) >= 11 is 1.73. The van der Waals surface area contributed by atoms with Gasteiger partial charge in [-0.1, -0.05) is 0 Å². The first-order chi connectivity index (χ1) is 11.6. The van der Waals surface area contributed by atoms with E-state index < -0.39 is 0 Å². The van der Waals surface area contributed by atoms with E-state index in [-0.39, 0.29) is 17.6 Å². The van der Waals surface area contributed by atoms with Gasteiger partial charge in [-0.25, -0.2) is 4.98 Å². The molecule has 1 spiro atoms. The highest BCUT2D eigenvalue weighted by molar-refractivity contribution is 7.09. The van der Waals surface area contributed by atoms with E-state index in [2.05, 4.69) is 27.0 Å². The van der Waals surface area contributed by atoms with E-state index in [0.717, 1.165) is 44.3 Å². The molecule has 1 atom stereocenters. The summed E-state index contributed by atoms with van der Waals surface area (Å²) in [6, 6.07) is -0.126. The Morgan fingerprint density at radius 3 is 2.88 bits per heavy atom. The second kappa shape index (κ2) is 6.37. The second-order valence-corrected chi connectivity index (χ2v) is 8.44. The number of hydrogen-bond donors (Lipinski definition) is 1. The van der Waals surface area contributed by atoms with Crippen LogP contribution < -0.4 is 5.32 Å². The highest BCUT2D eigenvalue weighted by atomic mass is 32.1. The number of rotatable bonds is 5. The van der Waals surface area contributed by atoms with Gasteiger partial charge in [0.2, 0.25) is 5.91 Å². The molecule has 1 N–H and O–H groups in total. The Labute approximate surface area is 147 Å². The van der Waals surface area contributed by atoms with E-state index >= 15 is 0 Å². The molecular weight excluding hydrogens is 324 g/mol. The molecule has 1 amide bonds. The lowest BCUT2D eigenvalue weighted by Crippen LogP contribution is -2.72. The first-order valence-electron chi connectivity index (χ1n) is 8.79. The summed E-state index contributed by atoms with van der Waals surface area (Å²) in [5.41, 5.74) is 2.97. The molecule has 0 bridgehead atoms. The van der Waals surface area contributed by atoms with Crippen LogP contribution in [0.1, 0.15) is 23.4 Å². The molecule has 3 aliphatic rings. The number of thiazole rings is 1. The van der Waals surface area contributed by atoms with E-state index in [1.54, 1.807) is 18.4 Å². The summed E-state index contributed by atoms with van der Waals surface area (Å²) in [6.07, 6.45) is 2.61. The fourth-order valence-electron chi connectivity index (χ4n) is 3.87. The van der Waals surface area contributed by atoms with Crippen molar-refractivity contribution in [3.8, 4) is 0 Å². The van der Waals surface area contributed by atoms with E-state index in [9.17, 15) is 4.79 Å². The lowest BCUT2D eigenvalue weighted by molar-refractivity contribution is -0.202. The number of hydrogen-bond acceptors (Lipinski definition) is 6. The summed E-state index contributed by atoms with van der Waals surface area (Å²) in [5.74, 6) is 0.866. The highest BCUT2D eigenvalue weighted by Crippen LogP contribution is 2.36. The minimum Gasteiger partial charge on any atom is -0.369 e. The summed E-state index contributed by atoms with van der Waals surface area (Å²) in [6.45, 7) is 7.36. The summed E-state index contributed by atoms with van der Waals surface area (Å²) < 4.78 is 6.19. The predicted molar refractivity (Wildman–Crippen MR) is 93.0 cm³/mol. The maximum atomic E-state index is 12.2. The summed E-state index contributed by atoms with van der Waals surface area (Å²) in [7, 11) is 1.71. The zero-order valence-corrected chi connectivity index (χ0v) is 15.3. The number of amides is 1. The van der Waals surface area contributed by atoms with Gasteiger partial charge in [0, 0.05) is 44.6 Å². The molecule has 2 aliphatic heterocycles. The van der Waals surface area contributed by atoms with Gasteiger partial charge in [-0.2, -0.15) is 0 Å². The maximum Gasteiger partial charge on any atom is 0.239 e. The molecule has 132 valence electrons. The zero-order valence-electron chi connectivity index (χ0n) is 14.5. The summed E-state index contributed by atoms with van der Waals surface area (Å²) in [4.78, 5) is 22.6. The van der Waals surface area contributed by atoms with Gasteiger partial charge in [0.1, 0.15) is 11.6 Å². The second-order valence-electron chi connectivity index (χ2n) is 7.50. The van der Waals surface area contributed by atoms with Gasteiger partial charge in [0.25, 0.3) is 0 Å². The van der Waals surface area contributed by atoms with Gasteiger partial charge < -0.3 is 10.1 Å². The number of ether oxygens (including phenoxy) is 1. The molecular formula is C17H26N4O2S. The van der Waals surface area contributed by atoms with Crippen LogP contribution in [-0.4, -0.2) is 72.2 Å². The average Bonchev–Trinajstić information content (AvgIpc) is 3.27. The van der Waals surface area contributed by atoms with E-state index in [0.29, 0.717) is 6.61 Å². The number of nitrogens with zero attached hydrogens (tertiary/aromatic N) is 3. The minimum atomic E-state index is -0.126. The van der Waals surface area contributed by atoms with Crippen molar-refractivity contribution in [2.75, 3.05) is 39.8 Å². The van der Waals surface area contributed by atoms with Crippen LogP contribution in [0.25, 0.3) is 0 Å². The molecule has 3 heterocycles. The van der Waals surface area contributed by atoms with Crippen LogP contribution in [0.4, 0.5) is 0 Å². The largest absolute Gasteiger partial charge is 0.369 e. The number of carbonyl (C=O) groups is 1. The van der Waals surface area contributed by atoms with E-state index in [1.807, 2.05) is 5.51 Å². The Morgan fingerprint density at radius 1 is 1.46 bits per heavy atom. The Kier molecular flexibility index (Phi) is 4.36. The average molecular weight is 350 g/mol. The van der Waals surface area contributed by atoms with Gasteiger partial charge in [0.05, 0.1) is 17.8 Å². The first kappa shape index (κ1) is 16.4. The SMILES string of the molecule is CNC(=O)[C@H]1COC2(CN(Cc3scnc3C)C2)CN1CC1CC1. The number of aryl methyl sites for hydroxylation is 1. The quantitative estimate of drug-likeness (QED) is 0.854. The van der Waals surface area contributed by atoms with Crippen LogP contribution in [-0.2, 0) is 16.1 Å². The number of carbonyl (C=O) groups excluding carboxylic acids is 1. The first-order valence-corrected chi connectivity index (χ1v) is 9.67. The number of likely N-dealkylation sites (tertiary alicyclic amines) is 1. The Bertz CT molecular complexity index is 609. The van der Waals surface area contributed by atoms with Crippen LogP contribution in [0, 0.1) is 12.8 Å². The van der Waals surface area contributed by atoms with Gasteiger partial charge >= 0.3 is 0 Å². The van der Waals surface area contributed by atoms with Gasteiger partial charge in [0.15, 0.2) is 0 Å². The van der Waals surface area contributed by atoms with Crippen molar-refractivity contribution < 1.29 is 9.53 Å². The molecule has 4 rings (SSSR count). The Morgan fingerprint density at radius 2 is 2.25 bits per heavy atom. The fourth-order valence-corrected chi connectivity index (χ4v) is 4.69. The lowest BCUT2D eigenvalue weighted by Gasteiger charge is -2.55. The normalized spacial score (nSPS) is 27.2. The molecule has 7 heteroatoms. The van der Waals surface area contributed by atoms with Crippen LogP contribution in [0.3, 0.4) is 0 Å². The third-order valence-corrected chi connectivity index (χ3v) is 6.37. The third kappa shape index (κ3) is 3.22. The lowest BCUT2D eigenvalue weighted by atomic mass is 9.90. The Balaban J connectivity index is 1.37. The van der Waals surface area contributed by atoms with Crippen molar-refractivity contribution in [3.63, 3.8) is 0 Å². The molecule has 1 aromatic rings. The van der Waals surface area contributed by atoms with Crippen molar-refractivity contribution in [2.24, 2.45) is 5.92 Å². The number of nitrogens with one attached hydrogen (secondary N) is 1. The molecule has 6 nitrogen and oxygen atoms in total. The van der Waals surface area contributed by atoms with Crippen LogP contribution in [0.15, 0.2) is 5.51 Å². The van der Waals surface area contributed by atoms with Crippen molar-refractivity contribution >= 4 is 17.2 Å². The third-order valence-electron chi connectivity index (χ3n) is 5.45. The number of morpholine rings is 1. The highest BCUT2D eigenvalue weighted by Gasteiger charge is 2.51. The smallest absolute Gasteiger partial charge is 0.239 e. The predicted octanol–water partition coefficient (Wildman–Crippen LogP) is 0.863. The fraction of sp³-hybridized carbons (Fsp3) is 0.765. The standard InChI is InChI=1S/C17H26N4O2S/c1-12-15(24-11-19-12)6-20-8-17(9-20)10-21(5-13-3-4-13)14(7-23-17)16(22)18-2/h11,13-14H,3-10H2,1-2H3,(H,18,22)/t14-/m1/s1. The molecule has 0 aromatic carbocycles. The van der Waals surface area contributed by atoms with Gasteiger partial charge in [-0.15, -0.1) is 11.3 Å². The monoisotopic (exact) mass is 350 g/mol. The zero-order chi connectivity index (χ0) is 16.7. The van der Waals surface area contributed by atoms with Crippen LogP contribution >= 0.6 is 11.3 Å². The van der Waals surface area contributed by atoms with Crippen molar-refractivity contribution in [1.29, 1.82) is 0 Å². The molecule has 1 aliphatic carbocycles. The number of likely N-dealkylation sites (N-methyl/N-ethyl adjacent to an activating group) is 1. The van der Waals surface area contributed by atoms with Crippen LogP contribution in [0.5, 0.6) is 0 Å². The van der Waals surface area contributed by atoms with Crippen molar-refractivity contribution in [2.45, 2.75) is 38.0 Å². The molecule has 2 saturated heterocycles. The van der Waals surface area contributed by atoms with Gasteiger partial charge in [-0.05, 0) is 25.7 Å². The minimum absolute atomic E-state index is 0.0852. The maximum absolute atomic E-state index is 12.2. The molecule has 1 aromatic heterocycles. The van der Waals surface area contributed by atoms with Crippen molar-refractivity contribution in [3.05, 3.63) is 16.1 Å². The molecule has 0 radical (unpaired) electrons. The Hall–Kier alpha value is -1.02. The molecule has 1 saturated carbocycles. The molecule has 3 fully saturated rings. The molecule has 0 unspecified atom stereocenters.